The molecule has 0 spiro atoms. The van der Waals surface area contributed by atoms with Crippen molar-refractivity contribution in [3.05, 3.63) is 58.8 Å². The number of fused-ring (bicyclic) bond motifs is 1. The van der Waals surface area contributed by atoms with Gasteiger partial charge in [-0.1, -0.05) is 28.1 Å². The molecule has 4 heteroatoms. The fraction of sp³-hybridized carbons (Fsp3) is 0.0667. The minimum absolute atomic E-state index is 0.218. The number of phenolic OH excluding ortho intramolecular Hbond substituents is 1. The van der Waals surface area contributed by atoms with Gasteiger partial charge in [0.15, 0.2) is 0 Å². The minimum atomic E-state index is 0.218. The average Bonchev–Trinajstić information content (AvgIpc) is 2.81. The van der Waals surface area contributed by atoms with Gasteiger partial charge in [-0.15, -0.1) is 0 Å². The summed E-state index contributed by atoms with van der Waals surface area (Å²) in [5.74, 6) is 1.66. The highest BCUT2D eigenvalue weighted by atomic mass is 79.9. The van der Waals surface area contributed by atoms with Gasteiger partial charge in [0.1, 0.15) is 29.4 Å². The van der Waals surface area contributed by atoms with Gasteiger partial charge in [0.25, 0.3) is 0 Å². The van der Waals surface area contributed by atoms with Crippen LogP contribution in [0.3, 0.4) is 0 Å². The van der Waals surface area contributed by atoms with Crippen LogP contribution in [-0.4, -0.2) is 5.11 Å². The maximum Gasteiger partial charge on any atom is 0.146 e. The van der Waals surface area contributed by atoms with Crippen LogP contribution in [0, 0.1) is 0 Å². The molecule has 3 nitrogen and oxygen atoms in total. The van der Waals surface area contributed by atoms with Gasteiger partial charge in [-0.25, -0.2) is 0 Å². The third kappa shape index (κ3) is 2.58. The number of furan rings is 1. The number of rotatable bonds is 3. The molecule has 3 rings (SSSR count). The molecule has 3 aromatic rings. The lowest BCUT2D eigenvalue weighted by atomic mass is 10.2. The number of hydrogen-bond acceptors (Lipinski definition) is 3. The number of hydrogen-bond donors (Lipinski definition) is 1. The highest BCUT2D eigenvalue weighted by molar-refractivity contribution is 9.10. The summed E-state index contributed by atoms with van der Waals surface area (Å²) < 4.78 is 12.2. The predicted octanol–water partition coefficient (Wildman–Crippen LogP) is 4.48. The van der Waals surface area contributed by atoms with E-state index in [1.807, 2.05) is 30.3 Å². The fourth-order valence-electron chi connectivity index (χ4n) is 1.88. The molecule has 0 unspecified atom stereocenters. The Morgan fingerprint density at radius 2 is 1.95 bits per heavy atom. The summed E-state index contributed by atoms with van der Waals surface area (Å²) in [7, 11) is 0. The van der Waals surface area contributed by atoms with Gasteiger partial charge in [0.05, 0.1) is 5.39 Å². The Kier molecular flexibility index (Phi) is 3.17. The van der Waals surface area contributed by atoms with Gasteiger partial charge in [0, 0.05) is 4.47 Å². The second-order valence-electron chi connectivity index (χ2n) is 4.15. The summed E-state index contributed by atoms with van der Waals surface area (Å²) in [6, 6.07) is 14.6. The minimum Gasteiger partial charge on any atom is -0.507 e. The van der Waals surface area contributed by atoms with E-state index >= 15 is 0 Å². The highest BCUT2D eigenvalue weighted by Crippen LogP contribution is 2.28. The van der Waals surface area contributed by atoms with Gasteiger partial charge in [-0.3, -0.25) is 0 Å². The summed E-state index contributed by atoms with van der Waals surface area (Å²) in [5, 5.41) is 10.4. The lowest BCUT2D eigenvalue weighted by Crippen LogP contribution is -1.93. The molecule has 0 saturated heterocycles. The normalized spacial score (nSPS) is 10.8. The van der Waals surface area contributed by atoms with E-state index < -0.39 is 0 Å². The monoisotopic (exact) mass is 318 g/mol. The molecule has 2 aromatic carbocycles. The lowest BCUT2D eigenvalue weighted by Gasteiger charge is -2.03. The SMILES string of the molecule is Oc1cccc2oc(COc3cccc(Br)c3)cc12. The standard InChI is InChI=1S/C15H11BrO3/c16-10-3-1-4-11(7-10)18-9-12-8-13-14(17)5-2-6-15(13)19-12/h1-8,17H,9H2. The van der Waals surface area contributed by atoms with Gasteiger partial charge in [0.2, 0.25) is 0 Å². The van der Waals surface area contributed by atoms with Gasteiger partial charge >= 0.3 is 0 Å². The second-order valence-corrected chi connectivity index (χ2v) is 5.06. The quantitative estimate of drug-likeness (QED) is 0.774. The Bertz CT molecular complexity index is 718. The molecule has 0 fully saturated rings. The van der Waals surface area contributed by atoms with Crippen LogP contribution >= 0.6 is 15.9 Å². The van der Waals surface area contributed by atoms with Crippen molar-refractivity contribution >= 4 is 26.9 Å². The molecule has 0 atom stereocenters. The van der Waals surface area contributed by atoms with Crippen LogP contribution < -0.4 is 4.74 Å². The van der Waals surface area contributed by atoms with Gasteiger partial charge < -0.3 is 14.3 Å². The van der Waals surface area contributed by atoms with Crippen molar-refractivity contribution in [1.82, 2.24) is 0 Å². The molecule has 1 N–H and O–H groups in total. The highest BCUT2D eigenvalue weighted by Gasteiger charge is 2.07. The average molecular weight is 319 g/mol. The fourth-order valence-corrected chi connectivity index (χ4v) is 2.26. The van der Waals surface area contributed by atoms with Crippen molar-refractivity contribution < 1.29 is 14.3 Å². The topological polar surface area (TPSA) is 42.6 Å². The molecule has 0 saturated carbocycles. The molecule has 19 heavy (non-hydrogen) atoms. The predicted molar refractivity (Wildman–Crippen MR) is 76.4 cm³/mol. The number of benzene rings is 2. The van der Waals surface area contributed by atoms with E-state index in [1.54, 1.807) is 18.2 Å². The number of halogens is 1. The van der Waals surface area contributed by atoms with Crippen LogP contribution in [0.5, 0.6) is 11.5 Å². The zero-order valence-corrected chi connectivity index (χ0v) is 11.6. The van der Waals surface area contributed by atoms with E-state index in [1.165, 1.54) is 0 Å². The third-order valence-electron chi connectivity index (χ3n) is 2.77. The van der Waals surface area contributed by atoms with E-state index in [0.717, 1.165) is 10.2 Å². The summed E-state index contributed by atoms with van der Waals surface area (Å²) in [6.07, 6.45) is 0. The molecule has 0 bridgehead atoms. The first-order valence-corrected chi connectivity index (χ1v) is 6.60. The van der Waals surface area contributed by atoms with E-state index in [2.05, 4.69) is 15.9 Å². The van der Waals surface area contributed by atoms with Gasteiger partial charge in [-0.05, 0) is 36.4 Å². The Balaban J connectivity index is 1.80. The first-order chi connectivity index (χ1) is 9.22. The van der Waals surface area contributed by atoms with Crippen LogP contribution in [-0.2, 0) is 6.61 Å². The number of phenols is 1. The van der Waals surface area contributed by atoms with Crippen LogP contribution in [0.4, 0.5) is 0 Å². The van der Waals surface area contributed by atoms with E-state index in [-0.39, 0.29) is 5.75 Å². The van der Waals surface area contributed by atoms with Crippen molar-refractivity contribution in [1.29, 1.82) is 0 Å². The maximum atomic E-state index is 9.70. The molecule has 0 amide bonds. The Morgan fingerprint density at radius 3 is 2.74 bits per heavy atom. The maximum absolute atomic E-state index is 9.70. The number of ether oxygens (including phenoxy) is 1. The summed E-state index contributed by atoms with van der Waals surface area (Å²) in [5.41, 5.74) is 0.660. The zero-order valence-electron chi connectivity index (χ0n) is 9.97. The Morgan fingerprint density at radius 1 is 1.11 bits per heavy atom. The first kappa shape index (κ1) is 12.1. The zero-order chi connectivity index (χ0) is 13.2. The molecule has 0 radical (unpaired) electrons. The van der Waals surface area contributed by atoms with Gasteiger partial charge in [-0.2, -0.15) is 0 Å². The van der Waals surface area contributed by atoms with Crippen LogP contribution in [0.15, 0.2) is 57.4 Å². The summed E-state index contributed by atoms with van der Waals surface area (Å²) in [6.45, 7) is 0.324. The van der Waals surface area contributed by atoms with E-state index in [0.29, 0.717) is 23.3 Å². The molecular formula is C15H11BrO3. The molecule has 96 valence electrons. The molecule has 0 aliphatic rings. The van der Waals surface area contributed by atoms with Crippen LogP contribution in [0.1, 0.15) is 5.76 Å². The first-order valence-electron chi connectivity index (χ1n) is 5.81. The largest absolute Gasteiger partial charge is 0.507 e. The smallest absolute Gasteiger partial charge is 0.146 e. The number of aromatic hydroxyl groups is 1. The van der Waals surface area contributed by atoms with Crippen molar-refractivity contribution in [2.24, 2.45) is 0 Å². The Hall–Kier alpha value is -1.94. The molecule has 0 aliphatic carbocycles. The van der Waals surface area contributed by atoms with Crippen molar-refractivity contribution in [2.75, 3.05) is 0 Å². The molecule has 1 aromatic heterocycles. The summed E-state index contributed by atoms with van der Waals surface area (Å²) >= 11 is 3.39. The van der Waals surface area contributed by atoms with Crippen molar-refractivity contribution in [2.45, 2.75) is 6.61 Å². The molecular weight excluding hydrogens is 308 g/mol. The van der Waals surface area contributed by atoms with E-state index in [9.17, 15) is 5.11 Å². The van der Waals surface area contributed by atoms with Crippen molar-refractivity contribution in [3.8, 4) is 11.5 Å². The Labute approximate surface area is 118 Å². The van der Waals surface area contributed by atoms with E-state index in [4.69, 9.17) is 9.15 Å². The second kappa shape index (κ2) is 4.97. The van der Waals surface area contributed by atoms with Crippen LogP contribution in [0.25, 0.3) is 11.0 Å². The molecule has 1 heterocycles. The molecule has 0 aliphatic heterocycles. The lowest BCUT2D eigenvalue weighted by molar-refractivity contribution is 0.274. The third-order valence-corrected chi connectivity index (χ3v) is 3.26. The van der Waals surface area contributed by atoms with Crippen LogP contribution in [0.2, 0.25) is 0 Å². The summed E-state index contributed by atoms with van der Waals surface area (Å²) in [4.78, 5) is 0. The van der Waals surface area contributed by atoms with Crippen molar-refractivity contribution in [3.63, 3.8) is 0 Å².